The first-order valence-electron chi connectivity index (χ1n) is 8.10. The first kappa shape index (κ1) is 16.1. The lowest BCUT2D eigenvalue weighted by Crippen LogP contribution is -2.45. The molecular weight excluding hydrogens is 312 g/mol. The number of hydrogen-bond acceptors (Lipinski definition) is 4. The first-order chi connectivity index (χ1) is 11.2. The molecule has 23 heavy (non-hydrogen) atoms. The van der Waals surface area contributed by atoms with Gasteiger partial charge in [0.05, 0.1) is 17.3 Å². The van der Waals surface area contributed by atoms with Crippen LogP contribution in [0.5, 0.6) is 0 Å². The third kappa shape index (κ3) is 3.00. The van der Waals surface area contributed by atoms with Gasteiger partial charge in [-0.3, -0.25) is 4.79 Å². The Morgan fingerprint density at radius 1 is 1.39 bits per heavy atom. The third-order valence-electron chi connectivity index (χ3n) is 4.63. The molecule has 1 aliphatic rings. The molecule has 124 valence electrons. The van der Waals surface area contributed by atoms with Crippen LogP contribution in [0.4, 0.5) is 0 Å². The van der Waals surface area contributed by atoms with Gasteiger partial charge in [-0.25, -0.2) is 4.79 Å². The molecule has 0 bridgehead atoms. The van der Waals surface area contributed by atoms with E-state index in [1.54, 1.807) is 15.9 Å². The summed E-state index contributed by atoms with van der Waals surface area (Å²) >= 11 is 1.56. The number of carbonyl (C=O) groups is 2. The summed E-state index contributed by atoms with van der Waals surface area (Å²) in [6, 6.07) is 4.09. The Morgan fingerprint density at radius 2 is 2.22 bits per heavy atom. The van der Waals surface area contributed by atoms with E-state index in [1.165, 1.54) is 13.5 Å². The number of carbonyl (C=O) groups excluding carboxylic acids is 2. The van der Waals surface area contributed by atoms with Gasteiger partial charge < -0.3 is 14.2 Å². The van der Waals surface area contributed by atoms with Crippen LogP contribution in [0.15, 0.2) is 17.5 Å². The van der Waals surface area contributed by atoms with Gasteiger partial charge in [0.15, 0.2) is 0 Å². The number of ether oxygens (including phenoxy) is 1. The van der Waals surface area contributed by atoms with E-state index in [-0.39, 0.29) is 12.5 Å². The molecule has 1 amide bonds. The second-order valence-corrected chi connectivity index (χ2v) is 6.87. The van der Waals surface area contributed by atoms with Crippen LogP contribution in [0, 0.1) is 0 Å². The Morgan fingerprint density at radius 3 is 2.96 bits per heavy atom. The predicted octanol–water partition coefficient (Wildman–Crippen LogP) is 3.28. The van der Waals surface area contributed by atoms with Crippen molar-refractivity contribution in [2.24, 2.45) is 0 Å². The van der Waals surface area contributed by atoms with Gasteiger partial charge in [0.1, 0.15) is 12.2 Å². The Bertz CT molecular complexity index is 719. The maximum absolute atomic E-state index is 12.8. The normalized spacial score (nSPS) is 18.3. The lowest BCUT2D eigenvalue weighted by Gasteiger charge is -2.35. The highest BCUT2D eigenvalue weighted by molar-refractivity contribution is 7.17. The zero-order valence-electron chi connectivity index (χ0n) is 13.6. The van der Waals surface area contributed by atoms with Crippen molar-refractivity contribution in [1.29, 1.82) is 0 Å². The van der Waals surface area contributed by atoms with Gasteiger partial charge in [-0.05, 0) is 43.2 Å². The highest BCUT2D eigenvalue weighted by Crippen LogP contribution is 2.27. The van der Waals surface area contributed by atoms with E-state index in [0.717, 1.165) is 36.0 Å². The first-order valence-corrected chi connectivity index (χ1v) is 8.98. The van der Waals surface area contributed by atoms with Crippen molar-refractivity contribution in [2.45, 2.75) is 45.2 Å². The van der Waals surface area contributed by atoms with E-state index in [9.17, 15) is 9.59 Å². The lowest BCUT2D eigenvalue weighted by atomic mass is 10.00. The van der Waals surface area contributed by atoms with E-state index in [0.29, 0.717) is 11.7 Å². The van der Waals surface area contributed by atoms with Crippen molar-refractivity contribution in [3.8, 4) is 0 Å². The molecule has 1 aliphatic heterocycles. The largest absolute Gasteiger partial charge is 0.464 e. The number of hydrogen-bond donors (Lipinski definition) is 0. The van der Waals surface area contributed by atoms with Crippen LogP contribution in [0.25, 0.3) is 10.2 Å². The molecule has 0 aliphatic carbocycles. The summed E-state index contributed by atoms with van der Waals surface area (Å²) < 4.78 is 7.66. The molecule has 1 atom stereocenters. The van der Waals surface area contributed by atoms with Crippen LogP contribution in [-0.4, -0.2) is 41.0 Å². The summed E-state index contributed by atoms with van der Waals surface area (Å²) in [7, 11) is 1.37. The number of fused-ring (bicyclic) bond motifs is 1. The number of likely N-dealkylation sites (tertiary alicyclic amines) is 1. The number of nitrogens with zero attached hydrogens (tertiary/aromatic N) is 2. The average molecular weight is 334 g/mol. The van der Waals surface area contributed by atoms with Gasteiger partial charge in [-0.15, -0.1) is 11.3 Å². The molecule has 3 heterocycles. The van der Waals surface area contributed by atoms with Crippen molar-refractivity contribution >= 4 is 33.4 Å². The van der Waals surface area contributed by atoms with Crippen LogP contribution in [0.2, 0.25) is 0 Å². The minimum Gasteiger partial charge on any atom is -0.464 e. The molecule has 2 aromatic rings. The van der Waals surface area contributed by atoms with Crippen molar-refractivity contribution < 1.29 is 14.3 Å². The van der Waals surface area contributed by atoms with Crippen LogP contribution in [0.1, 0.15) is 43.1 Å². The summed E-state index contributed by atoms with van der Waals surface area (Å²) in [5.41, 5.74) is 1.38. The standard InChI is InChI=1S/C17H22N2O3S/c1-3-12-6-4-5-8-18(12)16(20)11-19-13-7-9-23-15(13)10-14(19)17(21)22-2/h7,9-10,12H,3-6,8,11H2,1-2H3. The second kappa shape index (κ2) is 6.74. The smallest absolute Gasteiger partial charge is 0.354 e. The zero-order chi connectivity index (χ0) is 16.4. The number of aromatic nitrogens is 1. The molecule has 1 unspecified atom stereocenters. The van der Waals surface area contributed by atoms with Crippen LogP contribution >= 0.6 is 11.3 Å². The van der Waals surface area contributed by atoms with E-state index < -0.39 is 5.97 Å². The molecule has 1 fully saturated rings. The monoisotopic (exact) mass is 334 g/mol. The van der Waals surface area contributed by atoms with Crippen LogP contribution in [0.3, 0.4) is 0 Å². The van der Waals surface area contributed by atoms with Crippen LogP contribution in [-0.2, 0) is 16.1 Å². The summed E-state index contributed by atoms with van der Waals surface area (Å²) in [6.07, 6.45) is 4.31. The lowest BCUT2D eigenvalue weighted by molar-refractivity contribution is -0.135. The molecule has 5 nitrogen and oxygen atoms in total. The molecular formula is C17H22N2O3S. The summed E-state index contributed by atoms with van der Waals surface area (Å²) in [4.78, 5) is 26.8. The predicted molar refractivity (Wildman–Crippen MR) is 90.8 cm³/mol. The van der Waals surface area contributed by atoms with E-state index >= 15 is 0 Å². The van der Waals surface area contributed by atoms with E-state index in [2.05, 4.69) is 6.92 Å². The van der Waals surface area contributed by atoms with Crippen molar-refractivity contribution in [3.05, 3.63) is 23.2 Å². The molecule has 0 saturated carbocycles. The van der Waals surface area contributed by atoms with Crippen molar-refractivity contribution in [3.63, 3.8) is 0 Å². The maximum Gasteiger partial charge on any atom is 0.354 e. The molecule has 0 radical (unpaired) electrons. The number of methoxy groups -OCH3 is 1. The summed E-state index contributed by atoms with van der Waals surface area (Å²) in [5.74, 6) is -0.308. The Kier molecular flexibility index (Phi) is 4.71. The fourth-order valence-electron chi connectivity index (χ4n) is 3.40. The Balaban J connectivity index is 1.89. The SMILES string of the molecule is CCC1CCCCN1C(=O)Cn1c(C(=O)OC)cc2sccc21. The number of piperidine rings is 1. The summed E-state index contributed by atoms with van der Waals surface area (Å²) in [5, 5.41) is 1.97. The molecule has 2 aromatic heterocycles. The fraction of sp³-hybridized carbons (Fsp3) is 0.529. The minimum absolute atomic E-state index is 0.0883. The fourth-order valence-corrected chi connectivity index (χ4v) is 4.22. The number of amides is 1. The second-order valence-electron chi connectivity index (χ2n) is 5.92. The van der Waals surface area contributed by atoms with Gasteiger partial charge in [0, 0.05) is 12.6 Å². The molecule has 0 spiro atoms. The maximum atomic E-state index is 12.8. The third-order valence-corrected chi connectivity index (χ3v) is 5.48. The minimum atomic E-state index is -0.396. The molecule has 0 aromatic carbocycles. The van der Waals surface area contributed by atoms with E-state index in [4.69, 9.17) is 4.74 Å². The van der Waals surface area contributed by atoms with Gasteiger partial charge >= 0.3 is 5.97 Å². The molecule has 1 saturated heterocycles. The highest BCUT2D eigenvalue weighted by Gasteiger charge is 2.27. The van der Waals surface area contributed by atoms with Crippen molar-refractivity contribution in [2.75, 3.05) is 13.7 Å². The molecule has 3 rings (SSSR count). The summed E-state index contributed by atoms with van der Waals surface area (Å²) in [6.45, 7) is 3.14. The van der Waals surface area contributed by atoms with Gasteiger partial charge in [-0.1, -0.05) is 6.92 Å². The average Bonchev–Trinajstić information content (AvgIpc) is 3.16. The molecule has 6 heteroatoms. The van der Waals surface area contributed by atoms with Crippen LogP contribution < -0.4 is 0 Å². The Labute approximate surface area is 139 Å². The topological polar surface area (TPSA) is 51.5 Å². The number of thiophene rings is 1. The van der Waals surface area contributed by atoms with Gasteiger partial charge in [0.25, 0.3) is 0 Å². The molecule has 0 N–H and O–H groups in total. The van der Waals surface area contributed by atoms with Crippen molar-refractivity contribution in [1.82, 2.24) is 9.47 Å². The number of rotatable bonds is 4. The zero-order valence-corrected chi connectivity index (χ0v) is 14.4. The Hall–Kier alpha value is -1.82. The van der Waals surface area contributed by atoms with Gasteiger partial charge in [-0.2, -0.15) is 0 Å². The highest BCUT2D eigenvalue weighted by atomic mass is 32.1. The van der Waals surface area contributed by atoms with E-state index in [1.807, 2.05) is 22.4 Å². The quantitative estimate of drug-likeness (QED) is 0.806. The van der Waals surface area contributed by atoms with Gasteiger partial charge in [0.2, 0.25) is 5.91 Å². The number of esters is 1.